The molecule has 0 aromatic carbocycles. The second-order valence-electron chi connectivity index (χ2n) is 9.14. The van der Waals surface area contributed by atoms with Gasteiger partial charge in [-0.2, -0.15) is 0 Å². The fourth-order valence-corrected chi connectivity index (χ4v) is 7.19. The number of fused-ring (bicyclic) bond motifs is 5. The molecule has 0 spiro atoms. The quantitative estimate of drug-likeness (QED) is 0.661. The van der Waals surface area contributed by atoms with Gasteiger partial charge < -0.3 is 4.74 Å². The van der Waals surface area contributed by atoms with Crippen molar-refractivity contribution in [2.45, 2.75) is 70.8 Å². The summed E-state index contributed by atoms with van der Waals surface area (Å²) in [5.74, 6) is 5.52. The molecule has 2 nitrogen and oxygen atoms in total. The van der Waals surface area contributed by atoms with Gasteiger partial charge in [0.25, 0.3) is 0 Å². The minimum atomic E-state index is -0.373. The van der Waals surface area contributed by atoms with Crippen LogP contribution in [0.5, 0.6) is 0 Å². The van der Waals surface area contributed by atoms with Gasteiger partial charge in [0.1, 0.15) is 5.60 Å². The summed E-state index contributed by atoms with van der Waals surface area (Å²) in [6, 6.07) is 0. The Balaban J connectivity index is 1.70. The van der Waals surface area contributed by atoms with E-state index in [1.165, 1.54) is 24.8 Å². The standard InChI is InChI=1S/C22H30O2/c1-5-22(24-4)13-10-19-17-7-6-15-14-16(23)8-11-20(15,2)18(17)9-12-21(19,22)3/h1,14,17-19H,6-13H2,2-4H3. The molecular formula is C22H30O2. The van der Waals surface area contributed by atoms with Crippen LogP contribution < -0.4 is 0 Å². The van der Waals surface area contributed by atoms with Crippen LogP contribution in [0.25, 0.3) is 0 Å². The number of hydrogen-bond acceptors (Lipinski definition) is 2. The van der Waals surface area contributed by atoms with Crippen molar-refractivity contribution in [1.29, 1.82) is 0 Å². The third-order valence-electron chi connectivity index (χ3n) is 8.66. The van der Waals surface area contributed by atoms with Crippen molar-refractivity contribution in [2.75, 3.05) is 7.11 Å². The van der Waals surface area contributed by atoms with Crippen LogP contribution >= 0.6 is 0 Å². The minimum absolute atomic E-state index is 0.111. The molecule has 0 aliphatic heterocycles. The number of carbonyl (C=O) groups is 1. The lowest BCUT2D eigenvalue weighted by atomic mass is 9.46. The van der Waals surface area contributed by atoms with Crippen molar-refractivity contribution < 1.29 is 9.53 Å². The monoisotopic (exact) mass is 326 g/mol. The summed E-state index contributed by atoms with van der Waals surface area (Å²) in [5.41, 5.74) is 1.42. The first-order chi connectivity index (χ1) is 11.4. The smallest absolute Gasteiger partial charge is 0.155 e. The Morgan fingerprint density at radius 3 is 2.58 bits per heavy atom. The molecule has 4 aliphatic rings. The highest BCUT2D eigenvalue weighted by molar-refractivity contribution is 5.91. The van der Waals surface area contributed by atoms with Gasteiger partial charge in [-0.05, 0) is 74.2 Å². The number of ketones is 1. The van der Waals surface area contributed by atoms with E-state index in [-0.39, 0.29) is 16.4 Å². The first kappa shape index (κ1) is 16.4. The Morgan fingerprint density at radius 1 is 1.12 bits per heavy atom. The number of allylic oxidation sites excluding steroid dienone is 1. The summed E-state index contributed by atoms with van der Waals surface area (Å²) in [5, 5.41) is 0. The highest BCUT2D eigenvalue weighted by atomic mass is 16.5. The van der Waals surface area contributed by atoms with E-state index in [4.69, 9.17) is 11.2 Å². The van der Waals surface area contributed by atoms with Gasteiger partial charge in [0.15, 0.2) is 5.78 Å². The van der Waals surface area contributed by atoms with Crippen LogP contribution in [-0.4, -0.2) is 18.5 Å². The molecule has 0 heterocycles. The zero-order chi connectivity index (χ0) is 17.2. The predicted molar refractivity (Wildman–Crippen MR) is 95.3 cm³/mol. The number of rotatable bonds is 1. The number of methoxy groups -OCH3 is 1. The number of carbonyl (C=O) groups excluding carboxylic acids is 1. The fourth-order valence-electron chi connectivity index (χ4n) is 7.19. The largest absolute Gasteiger partial charge is 0.365 e. The Morgan fingerprint density at radius 2 is 1.88 bits per heavy atom. The third-order valence-corrected chi connectivity index (χ3v) is 8.66. The van der Waals surface area contributed by atoms with Gasteiger partial charge >= 0.3 is 0 Å². The molecule has 6 atom stereocenters. The van der Waals surface area contributed by atoms with E-state index in [0.717, 1.165) is 38.0 Å². The van der Waals surface area contributed by atoms with Gasteiger partial charge in [-0.15, -0.1) is 6.42 Å². The van der Waals surface area contributed by atoms with Crippen LogP contribution in [0.15, 0.2) is 11.6 Å². The van der Waals surface area contributed by atoms with Crippen molar-refractivity contribution in [2.24, 2.45) is 28.6 Å². The molecule has 0 N–H and O–H groups in total. The van der Waals surface area contributed by atoms with Crippen LogP contribution in [0.2, 0.25) is 0 Å². The molecule has 0 radical (unpaired) electrons. The van der Waals surface area contributed by atoms with Gasteiger partial charge in [-0.25, -0.2) is 0 Å². The summed E-state index contributed by atoms with van der Waals surface area (Å²) in [6.45, 7) is 4.83. The van der Waals surface area contributed by atoms with Crippen LogP contribution in [0.1, 0.15) is 65.2 Å². The van der Waals surface area contributed by atoms with Crippen molar-refractivity contribution >= 4 is 5.78 Å². The molecule has 0 bridgehead atoms. The first-order valence-corrected chi connectivity index (χ1v) is 9.67. The Hall–Kier alpha value is -1.07. The van der Waals surface area contributed by atoms with Crippen molar-refractivity contribution in [1.82, 2.24) is 0 Å². The zero-order valence-electron chi connectivity index (χ0n) is 15.4. The number of ether oxygens (including phenoxy) is 1. The van der Waals surface area contributed by atoms with Crippen LogP contribution in [0.4, 0.5) is 0 Å². The molecule has 0 aromatic rings. The van der Waals surface area contributed by atoms with E-state index in [2.05, 4.69) is 19.8 Å². The molecule has 0 aromatic heterocycles. The minimum Gasteiger partial charge on any atom is -0.365 e. The van der Waals surface area contributed by atoms with E-state index >= 15 is 0 Å². The van der Waals surface area contributed by atoms with E-state index in [1.807, 2.05) is 6.08 Å². The number of hydrogen-bond donors (Lipinski definition) is 0. The summed E-state index contributed by atoms with van der Waals surface area (Å²) in [7, 11) is 1.80. The molecule has 4 rings (SSSR count). The maximum Gasteiger partial charge on any atom is 0.155 e. The third kappa shape index (κ3) is 1.86. The first-order valence-electron chi connectivity index (χ1n) is 9.67. The normalized spacial score (nSPS) is 50.3. The van der Waals surface area contributed by atoms with Crippen LogP contribution in [-0.2, 0) is 9.53 Å². The molecule has 0 amide bonds. The van der Waals surface area contributed by atoms with Crippen molar-refractivity contribution in [3.63, 3.8) is 0 Å². The summed E-state index contributed by atoms with van der Waals surface area (Å²) >= 11 is 0. The van der Waals surface area contributed by atoms with E-state index in [1.54, 1.807) is 7.11 Å². The highest BCUT2D eigenvalue weighted by Crippen LogP contribution is 2.67. The second-order valence-corrected chi connectivity index (χ2v) is 9.14. The van der Waals surface area contributed by atoms with E-state index in [0.29, 0.717) is 17.6 Å². The molecular weight excluding hydrogens is 296 g/mol. The molecule has 6 unspecified atom stereocenters. The lowest BCUT2D eigenvalue weighted by molar-refractivity contribution is -0.122. The summed E-state index contributed by atoms with van der Waals surface area (Å²) in [6.07, 6.45) is 16.7. The summed E-state index contributed by atoms with van der Waals surface area (Å²) < 4.78 is 5.95. The zero-order valence-corrected chi connectivity index (χ0v) is 15.4. The van der Waals surface area contributed by atoms with Gasteiger partial charge in [-0.3, -0.25) is 4.79 Å². The summed E-state index contributed by atoms with van der Waals surface area (Å²) in [4.78, 5) is 11.9. The van der Waals surface area contributed by atoms with Crippen LogP contribution in [0, 0.1) is 40.9 Å². The topological polar surface area (TPSA) is 26.3 Å². The van der Waals surface area contributed by atoms with Gasteiger partial charge in [0.2, 0.25) is 0 Å². The fraction of sp³-hybridized carbons (Fsp3) is 0.773. The van der Waals surface area contributed by atoms with Gasteiger partial charge in [-0.1, -0.05) is 25.3 Å². The van der Waals surface area contributed by atoms with Crippen LogP contribution in [0.3, 0.4) is 0 Å². The Kier molecular flexibility index (Phi) is 3.56. The van der Waals surface area contributed by atoms with Gasteiger partial charge in [0.05, 0.1) is 0 Å². The van der Waals surface area contributed by atoms with Gasteiger partial charge in [0, 0.05) is 18.9 Å². The maximum atomic E-state index is 11.9. The molecule has 130 valence electrons. The highest BCUT2D eigenvalue weighted by Gasteiger charge is 2.64. The lowest BCUT2D eigenvalue weighted by Gasteiger charge is -2.59. The average molecular weight is 326 g/mol. The molecule has 3 saturated carbocycles. The molecule has 2 heteroatoms. The lowest BCUT2D eigenvalue weighted by Crippen LogP contribution is -2.55. The Bertz CT molecular complexity index is 641. The molecule has 0 saturated heterocycles. The average Bonchev–Trinajstić information content (AvgIpc) is 2.88. The predicted octanol–water partition coefficient (Wildman–Crippen LogP) is 4.54. The SMILES string of the molecule is C#CC1(OC)CCC2C3CCC4=CC(=O)CCC4(C)C3CCC21C. The molecule has 4 aliphatic carbocycles. The van der Waals surface area contributed by atoms with Crippen molar-refractivity contribution in [3.05, 3.63) is 11.6 Å². The molecule has 3 fully saturated rings. The van der Waals surface area contributed by atoms with E-state index < -0.39 is 0 Å². The maximum absolute atomic E-state index is 11.9. The van der Waals surface area contributed by atoms with E-state index in [9.17, 15) is 4.79 Å². The Labute approximate surface area is 146 Å². The number of terminal acetylenes is 1. The second kappa shape index (κ2) is 5.21. The molecule has 24 heavy (non-hydrogen) atoms. The van der Waals surface area contributed by atoms with Crippen molar-refractivity contribution in [3.8, 4) is 12.3 Å².